The zero-order chi connectivity index (χ0) is 14.5. The van der Waals surface area contributed by atoms with Crippen molar-refractivity contribution in [2.75, 3.05) is 0 Å². The lowest BCUT2D eigenvalue weighted by molar-refractivity contribution is 0.422. The lowest BCUT2D eigenvalue weighted by Gasteiger charge is -2.13. The van der Waals surface area contributed by atoms with E-state index in [0.29, 0.717) is 11.7 Å². The van der Waals surface area contributed by atoms with Gasteiger partial charge in [0.05, 0.1) is 5.76 Å². The lowest BCUT2D eigenvalue weighted by Crippen LogP contribution is -1.94. The fourth-order valence-electron chi connectivity index (χ4n) is 1.87. The highest BCUT2D eigenvalue weighted by atomic mass is 16.5. The molecule has 0 unspecified atom stereocenters. The molecular weight excluding hydrogens is 248 g/mol. The molecule has 0 spiro atoms. The Hall–Kier alpha value is -2.22. The van der Waals surface area contributed by atoms with Gasteiger partial charge in [-0.3, -0.25) is 0 Å². The summed E-state index contributed by atoms with van der Waals surface area (Å²) >= 11 is 0. The van der Waals surface area contributed by atoms with Crippen LogP contribution in [0.15, 0.2) is 60.9 Å². The molecule has 2 aromatic rings. The van der Waals surface area contributed by atoms with Crippen LogP contribution in [-0.4, -0.2) is 0 Å². The van der Waals surface area contributed by atoms with E-state index in [9.17, 15) is 0 Å². The first-order valence-electron chi connectivity index (χ1n) is 6.76. The highest BCUT2D eigenvalue weighted by Gasteiger charge is 2.07. The van der Waals surface area contributed by atoms with E-state index < -0.39 is 0 Å². The van der Waals surface area contributed by atoms with Gasteiger partial charge in [0.25, 0.3) is 0 Å². The lowest BCUT2D eigenvalue weighted by atomic mass is 10.0. The number of para-hydroxylation sites is 1. The van der Waals surface area contributed by atoms with Gasteiger partial charge in [0.1, 0.15) is 17.2 Å². The van der Waals surface area contributed by atoms with Gasteiger partial charge in [-0.05, 0) is 42.7 Å². The van der Waals surface area contributed by atoms with Crippen LogP contribution in [0.5, 0.6) is 17.2 Å². The molecule has 2 nitrogen and oxygen atoms in total. The van der Waals surface area contributed by atoms with Gasteiger partial charge in [0.15, 0.2) is 0 Å². The highest BCUT2D eigenvalue weighted by Crippen LogP contribution is 2.31. The molecule has 0 aliphatic carbocycles. The normalized spacial score (nSPS) is 10.4. The number of benzene rings is 2. The zero-order valence-electron chi connectivity index (χ0n) is 12.2. The Morgan fingerprint density at radius 3 is 2.20 bits per heavy atom. The number of hydrogen-bond donors (Lipinski definition) is 0. The topological polar surface area (TPSA) is 18.5 Å². The van der Waals surface area contributed by atoms with Crippen LogP contribution in [0.3, 0.4) is 0 Å². The van der Waals surface area contributed by atoms with E-state index in [-0.39, 0.29) is 0 Å². The highest BCUT2D eigenvalue weighted by molar-refractivity contribution is 5.42. The van der Waals surface area contributed by atoms with Crippen molar-refractivity contribution in [1.29, 1.82) is 0 Å². The van der Waals surface area contributed by atoms with Crippen molar-refractivity contribution in [2.24, 2.45) is 0 Å². The number of hydrogen-bond acceptors (Lipinski definition) is 2. The van der Waals surface area contributed by atoms with Crippen molar-refractivity contribution in [3.63, 3.8) is 0 Å². The van der Waals surface area contributed by atoms with Crippen molar-refractivity contribution in [3.05, 3.63) is 66.4 Å². The van der Waals surface area contributed by atoms with Crippen LogP contribution in [0.2, 0.25) is 0 Å². The quantitative estimate of drug-likeness (QED) is 0.665. The summed E-state index contributed by atoms with van der Waals surface area (Å²) in [6, 6.07) is 15.7. The molecule has 0 heterocycles. The fraction of sp³-hybridized carbons (Fsp3) is 0.222. The third-order valence-electron chi connectivity index (χ3n) is 2.84. The first kappa shape index (κ1) is 14.2. The minimum absolute atomic E-state index is 0.404. The maximum atomic E-state index is 5.88. The second-order valence-electron chi connectivity index (χ2n) is 5.11. The summed E-state index contributed by atoms with van der Waals surface area (Å²) in [5, 5.41) is 0. The summed E-state index contributed by atoms with van der Waals surface area (Å²) in [5.41, 5.74) is 1.18. The average molecular weight is 268 g/mol. The number of allylic oxidation sites excluding steroid dienone is 1. The fourth-order valence-corrected chi connectivity index (χ4v) is 1.87. The summed E-state index contributed by atoms with van der Waals surface area (Å²) in [7, 11) is 0. The SMILES string of the molecule is C=C(C)Oc1cc(Oc2ccccc2)cc(C(C)C)c1. The van der Waals surface area contributed by atoms with Crippen LogP contribution in [-0.2, 0) is 0 Å². The molecule has 0 bridgehead atoms. The molecular formula is C18H20O2. The Kier molecular flexibility index (Phi) is 4.46. The van der Waals surface area contributed by atoms with Crippen molar-refractivity contribution >= 4 is 0 Å². The largest absolute Gasteiger partial charge is 0.463 e. The van der Waals surface area contributed by atoms with E-state index in [1.807, 2.05) is 55.5 Å². The molecule has 104 valence electrons. The molecule has 0 fully saturated rings. The minimum atomic E-state index is 0.404. The van der Waals surface area contributed by atoms with Crippen LogP contribution < -0.4 is 9.47 Å². The Bertz CT molecular complexity index is 586. The molecule has 0 atom stereocenters. The van der Waals surface area contributed by atoms with E-state index >= 15 is 0 Å². The minimum Gasteiger partial charge on any atom is -0.463 e. The van der Waals surface area contributed by atoms with Crippen LogP contribution in [0, 0.1) is 0 Å². The predicted molar refractivity (Wildman–Crippen MR) is 82.5 cm³/mol. The molecule has 2 heteroatoms. The van der Waals surface area contributed by atoms with Gasteiger partial charge in [-0.2, -0.15) is 0 Å². The molecule has 0 radical (unpaired) electrons. The summed E-state index contributed by atoms with van der Waals surface area (Å²) < 4.78 is 11.5. The van der Waals surface area contributed by atoms with Gasteiger partial charge >= 0.3 is 0 Å². The van der Waals surface area contributed by atoms with E-state index in [1.165, 1.54) is 5.56 Å². The third-order valence-corrected chi connectivity index (χ3v) is 2.84. The van der Waals surface area contributed by atoms with Crippen molar-refractivity contribution in [3.8, 4) is 17.2 Å². The maximum Gasteiger partial charge on any atom is 0.131 e. The van der Waals surface area contributed by atoms with Crippen molar-refractivity contribution in [2.45, 2.75) is 26.7 Å². The van der Waals surface area contributed by atoms with Crippen LogP contribution in [0.1, 0.15) is 32.3 Å². The van der Waals surface area contributed by atoms with E-state index in [0.717, 1.165) is 17.2 Å². The molecule has 0 N–H and O–H groups in total. The summed E-state index contributed by atoms with van der Waals surface area (Å²) in [4.78, 5) is 0. The molecule has 2 rings (SSSR count). The average Bonchev–Trinajstić information content (AvgIpc) is 2.38. The Morgan fingerprint density at radius 2 is 1.60 bits per heavy atom. The van der Waals surface area contributed by atoms with Gasteiger partial charge < -0.3 is 9.47 Å². The summed E-state index contributed by atoms with van der Waals surface area (Å²) in [6.07, 6.45) is 0. The molecule has 0 amide bonds. The Balaban J connectivity index is 2.31. The summed E-state index contributed by atoms with van der Waals surface area (Å²) in [6.45, 7) is 9.90. The van der Waals surface area contributed by atoms with Crippen molar-refractivity contribution < 1.29 is 9.47 Å². The predicted octanol–water partition coefficient (Wildman–Crippen LogP) is 5.51. The molecule has 0 saturated heterocycles. The second-order valence-corrected chi connectivity index (χ2v) is 5.11. The Morgan fingerprint density at radius 1 is 0.950 bits per heavy atom. The number of rotatable bonds is 5. The smallest absolute Gasteiger partial charge is 0.131 e. The van der Waals surface area contributed by atoms with E-state index in [4.69, 9.17) is 9.47 Å². The van der Waals surface area contributed by atoms with Gasteiger partial charge in [0.2, 0.25) is 0 Å². The van der Waals surface area contributed by atoms with E-state index in [1.54, 1.807) is 0 Å². The van der Waals surface area contributed by atoms with E-state index in [2.05, 4.69) is 20.4 Å². The van der Waals surface area contributed by atoms with Gasteiger partial charge in [0, 0.05) is 6.07 Å². The van der Waals surface area contributed by atoms with Crippen molar-refractivity contribution in [1.82, 2.24) is 0 Å². The molecule has 0 aliphatic heterocycles. The second kappa shape index (κ2) is 6.29. The van der Waals surface area contributed by atoms with Crippen LogP contribution in [0.25, 0.3) is 0 Å². The third kappa shape index (κ3) is 3.89. The monoisotopic (exact) mass is 268 g/mol. The zero-order valence-corrected chi connectivity index (χ0v) is 12.2. The summed E-state index contributed by atoms with van der Waals surface area (Å²) in [5.74, 6) is 3.42. The Labute approximate surface area is 120 Å². The van der Waals surface area contributed by atoms with Crippen LogP contribution >= 0.6 is 0 Å². The van der Waals surface area contributed by atoms with Gasteiger partial charge in [-0.1, -0.05) is 38.6 Å². The molecule has 0 aliphatic rings. The first-order valence-corrected chi connectivity index (χ1v) is 6.76. The molecule has 0 aromatic heterocycles. The number of ether oxygens (including phenoxy) is 2. The maximum absolute atomic E-state index is 5.88. The molecule has 2 aromatic carbocycles. The van der Waals surface area contributed by atoms with Gasteiger partial charge in [-0.25, -0.2) is 0 Å². The van der Waals surface area contributed by atoms with Gasteiger partial charge in [-0.15, -0.1) is 0 Å². The van der Waals surface area contributed by atoms with Crippen LogP contribution in [0.4, 0.5) is 0 Å². The standard InChI is InChI=1S/C18H20O2/c1-13(2)15-10-17(19-14(3)4)12-18(11-15)20-16-8-6-5-7-9-16/h5-13H,3H2,1-2,4H3. The first-order chi connectivity index (χ1) is 9.54. The molecule has 0 saturated carbocycles. The molecule has 20 heavy (non-hydrogen) atoms.